The lowest BCUT2D eigenvalue weighted by atomic mass is 10.0. The van der Waals surface area contributed by atoms with E-state index in [4.69, 9.17) is 9.73 Å². The number of amides is 2. The van der Waals surface area contributed by atoms with Crippen molar-refractivity contribution in [2.45, 2.75) is 50.5 Å². The van der Waals surface area contributed by atoms with Gasteiger partial charge in [0.05, 0.1) is 29.9 Å². The van der Waals surface area contributed by atoms with E-state index in [1.165, 1.54) is 5.57 Å². The third-order valence-electron chi connectivity index (χ3n) is 7.16. The smallest absolute Gasteiger partial charge is 0.320 e. The molecule has 33 heavy (non-hydrogen) atoms. The van der Waals surface area contributed by atoms with Gasteiger partial charge >= 0.3 is 6.03 Å². The van der Waals surface area contributed by atoms with Crippen LogP contribution in [0.3, 0.4) is 0 Å². The summed E-state index contributed by atoms with van der Waals surface area (Å²) in [5, 5.41) is 12.9. The molecule has 174 valence electrons. The normalized spacial score (nSPS) is 25.9. The Labute approximate surface area is 195 Å². The maximum absolute atomic E-state index is 13.5. The molecular weight excluding hydrogens is 416 g/mol. The summed E-state index contributed by atoms with van der Waals surface area (Å²) in [6, 6.07) is 10.4. The van der Waals surface area contributed by atoms with Crippen LogP contribution in [0.1, 0.15) is 49.3 Å². The molecule has 0 spiro atoms. The Bertz CT molecular complexity index is 993. The number of hydrogen-bond donors (Lipinski definition) is 1. The minimum atomic E-state index is -0.102. The monoisotopic (exact) mass is 448 g/mol. The third-order valence-corrected chi connectivity index (χ3v) is 7.16. The molecule has 0 aromatic heterocycles. The molecule has 0 aliphatic carbocycles. The molecule has 8 heteroatoms. The van der Waals surface area contributed by atoms with Gasteiger partial charge in [0, 0.05) is 45.6 Å². The van der Waals surface area contributed by atoms with E-state index in [1.807, 2.05) is 34.1 Å². The first-order valence-electron chi connectivity index (χ1n) is 12.0. The van der Waals surface area contributed by atoms with Gasteiger partial charge in [0.25, 0.3) is 0 Å². The van der Waals surface area contributed by atoms with Crippen molar-refractivity contribution < 1.29 is 9.53 Å². The predicted octanol–water partition coefficient (Wildman–Crippen LogP) is 2.84. The number of ether oxygens (including phenoxy) is 1. The number of nitriles is 1. The minimum Gasteiger partial charge on any atom is -0.381 e. The van der Waals surface area contributed by atoms with Gasteiger partial charge in [-0.3, -0.25) is 5.32 Å². The van der Waals surface area contributed by atoms with Crippen molar-refractivity contribution in [3.05, 3.63) is 47.2 Å². The van der Waals surface area contributed by atoms with Gasteiger partial charge in [0.15, 0.2) is 6.29 Å². The van der Waals surface area contributed by atoms with Gasteiger partial charge in [-0.05, 0) is 55.4 Å². The van der Waals surface area contributed by atoms with E-state index in [9.17, 15) is 10.1 Å². The van der Waals surface area contributed by atoms with Gasteiger partial charge < -0.3 is 19.4 Å². The maximum Gasteiger partial charge on any atom is 0.320 e. The number of benzene rings is 1. The maximum atomic E-state index is 13.5. The lowest BCUT2D eigenvalue weighted by Gasteiger charge is -2.39. The van der Waals surface area contributed by atoms with Crippen LogP contribution >= 0.6 is 0 Å². The van der Waals surface area contributed by atoms with Crippen molar-refractivity contribution in [1.82, 2.24) is 20.0 Å². The molecule has 4 heterocycles. The number of carbonyl (C=O) groups is 1. The molecule has 0 saturated carbocycles. The highest BCUT2D eigenvalue weighted by Gasteiger charge is 2.36. The van der Waals surface area contributed by atoms with Crippen molar-refractivity contribution in [2.75, 3.05) is 39.9 Å². The van der Waals surface area contributed by atoms with Crippen LogP contribution in [0.25, 0.3) is 0 Å². The summed E-state index contributed by atoms with van der Waals surface area (Å²) in [6.07, 6.45) is 6.82. The summed E-state index contributed by atoms with van der Waals surface area (Å²) in [5.41, 5.74) is 3.93. The van der Waals surface area contributed by atoms with Gasteiger partial charge in [-0.1, -0.05) is 12.1 Å². The molecule has 3 fully saturated rings. The molecule has 3 saturated heterocycles. The second-order valence-corrected chi connectivity index (χ2v) is 9.37. The number of hydrogen-bond acceptors (Lipinski definition) is 6. The molecule has 4 aliphatic heterocycles. The lowest BCUT2D eigenvalue weighted by Crippen LogP contribution is -2.53. The summed E-state index contributed by atoms with van der Waals surface area (Å²) in [5.74, 6) is 0. The van der Waals surface area contributed by atoms with Crippen LogP contribution in [0.4, 0.5) is 4.79 Å². The minimum absolute atomic E-state index is 0.0325. The Morgan fingerprint density at radius 2 is 2.09 bits per heavy atom. The number of aliphatic imine (C=N–C) groups is 1. The molecule has 8 nitrogen and oxygen atoms in total. The van der Waals surface area contributed by atoms with E-state index in [0.29, 0.717) is 24.7 Å². The van der Waals surface area contributed by atoms with Crippen LogP contribution in [0.15, 0.2) is 41.0 Å². The number of urea groups is 1. The van der Waals surface area contributed by atoms with Crippen molar-refractivity contribution in [1.29, 1.82) is 5.26 Å². The molecule has 2 unspecified atom stereocenters. The molecule has 0 bridgehead atoms. The average molecular weight is 449 g/mol. The molecule has 1 aromatic rings. The number of nitrogens with zero attached hydrogens (tertiary/aromatic N) is 5. The zero-order chi connectivity index (χ0) is 22.8. The number of nitrogens with one attached hydrogen (secondary N) is 1. The Kier molecular flexibility index (Phi) is 6.34. The largest absolute Gasteiger partial charge is 0.381 e. The first-order chi connectivity index (χ1) is 16.1. The number of carbonyl (C=O) groups excluding carboxylic acids is 1. The Hall–Kier alpha value is -2.89. The topological polar surface area (TPSA) is 84.2 Å². The first kappa shape index (κ1) is 21.9. The number of fused-ring (bicyclic) bond motifs is 1. The Morgan fingerprint density at radius 3 is 2.91 bits per heavy atom. The summed E-state index contributed by atoms with van der Waals surface area (Å²) in [7, 11) is 2.06. The highest BCUT2D eigenvalue weighted by molar-refractivity contribution is 6.04. The molecule has 1 aromatic carbocycles. The van der Waals surface area contributed by atoms with Crippen LogP contribution in [0.2, 0.25) is 0 Å². The summed E-state index contributed by atoms with van der Waals surface area (Å²) >= 11 is 0. The van der Waals surface area contributed by atoms with E-state index >= 15 is 0 Å². The van der Waals surface area contributed by atoms with Crippen LogP contribution in [-0.2, 0) is 4.74 Å². The molecular formula is C25H32N6O2. The fraction of sp³-hybridized carbons (Fsp3) is 0.560. The number of piperidine rings is 1. The van der Waals surface area contributed by atoms with Crippen molar-refractivity contribution in [3.8, 4) is 6.07 Å². The van der Waals surface area contributed by atoms with Gasteiger partial charge in [-0.25, -0.2) is 9.79 Å². The summed E-state index contributed by atoms with van der Waals surface area (Å²) < 4.78 is 5.48. The molecule has 4 aliphatic rings. The highest BCUT2D eigenvalue weighted by atomic mass is 16.5. The SMILES string of the molecule is CN1C=C2CCN(C(=O)N3CCCC3c3cccc(C#N)c3)CC2=NC1NC1CCOCC1. The van der Waals surface area contributed by atoms with Crippen molar-refractivity contribution in [3.63, 3.8) is 0 Å². The second kappa shape index (κ2) is 9.54. The molecule has 0 radical (unpaired) electrons. The number of likely N-dealkylation sites (tertiary alicyclic amines) is 2. The van der Waals surface area contributed by atoms with Crippen molar-refractivity contribution >= 4 is 11.7 Å². The summed E-state index contributed by atoms with van der Waals surface area (Å²) in [6.45, 7) is 3.59. The van der Waals surface area contributed by atoms with E-state index in [1.54, 1.807) is 0 Å². The van der Waals surface area contributed by atoms with E-state index < -0.39 is 0 Å². The Morgan fingerprint density at radius 1 is 1.24 bits per heavy atom. The quantitative estimate of drug-likeness (QED) is 0.769. The second-order valence-electron chi connectivity index (χ2n) is 9.37. The molecule has 1 N–H and O–H groups in total. The zero-order valence-corrected chi connectivity index (χ0v) is 19.2. The van der Waals surface area contributed by atoms with Gasteiger partial charge in [-0.15, -0.1) is 0 Å². The molecule has 5 rings (SSSR count). The van der Waals surface area contributed by atoms with Crippen LogP contribution in [0, 0.1) is 11.3 Å². The van der Waals surface area contributed by atoms with Crippen molar-refractivity contribution in [2.24, 2.45) is 4.99 Å². The van der Waals surface area contributed by atoms with E-state index in [-0.39, 0.29) is 18.4 Å². The third kappa shape index (κ3) is 4.61. The van der Waals surface area contributed by atoms with Gasteiger partial charge in [0.1, 0.15) is 0 Å². The number of rotatable bonds is 3. The first-order valence-corrected chi connectivity index (χ1v) is 12.0. The molecule has 2 atom stereocenters. The fourth-order valence-electron chi connectivity index (χ4n) is 5.31. The van der Waals surface area contributed by atoms with Crippen LogP contribution in [-0.4, -0.2) is 78.7 Å². The van der Waals surface area contributed by atoms with Crippen LogP contribution in [0.5, 0.6) is 0 Å². The average Bonchev–Trinajstić information content (AvgIpc) is 3.34. The lowest BCUT2D eigenvalue weighted by molar-refractivity contribution is 0.0684. The Balaban J connectivity index is 1.28. The van der Waals surface area contributed by atoms with Gasteiger partial charge in [0.2, 0.25) is 0 Å². The van der Waals surface area contributed by atoms with Gasteiger partial charge in [-0.2, -0.15) is 5.26 Å². The summed E-state index contributed by atoms with van der Waals surface area (Å²) in [4.78, 5) is 24.6. The predicted molar refractivity (Wildman–Crippen MR) is 125 cm³/mol. The fourth-order valence-corrected chi connectivity index (χ4v) is 5.31. The molecule has 2 amide bonds. The highest BCUT2D eigenvalue weighted by Crippen LogP contribution is 2.34. The zero-order valence-electron chi connectivity index (χ0n) is 19.2. The van der Waals surface area contributed by atoms with E-state index in [2.05, 4.69) is 29.5 Å². The van der Waals surface area contributed by atoms with Crippen LogP contribution < -0.4 is 5.32 Å². The van der Waals surface area contributed by atoms with E-state index in [0.717, 1.165) is 63.1 Å². The standard InChI is InChI=1S/C25H32N6O2/c1-29-16-20-7-11-30(17-22(20)28-24(29)27-21-8-12-33-13-9-21)25(32)31-10-3-6-23(31)19-5-2-4-18(14-19)15-26/h2,4-5,14,16,21,23-24,27H,3,6-13,17H2,1H3.